The van der Waals surface area contributed by atoms with Gasteiger partial charge in [0.15, 0.2) is 0 Å². The van der Waals surface area contributed by atoms with Gasteiger partial charge >= 0.3 is 191 Å². The Labute approximate surface area is 320 Å². The molecule has 5 aromatic rings. The largest absolute Gasteiger partial charge is 1.00 e. The van der Waals surface area contributed by atoms with Gasteiger partial charge in [0.25, 0.3) is 0 Å². The topological polar surface area (TPSA) is 0 Å². The van der Waals surface area contributed by atoms with Crippen LogP contribution >= 0.6 is 0 Å². The number of allylic oxidation sites excluding steroid dienone is 4. The molecule has 0 amide bonds. The van der Waals surface area contributed by atoms with E-state index in [1.807, 2.05) is 12.2 Å². The summed E-state index contributed by atoms with van der Waals surface area (Å²) in [6.45, 7) is 14.4. The van der Waals surface area contributed by atoms with E-state index >= 15 is 0 Å². The number of benzene rings is 4. The Kier molecular flexibility index (Phi) is 18.1. The Morgan fingerprint density at radius 1 is 0.583 bits per heavy atom. The van der Waals surface area contributed by atoms with Gasteiger partial charge in [-0.1, -0.05) is 36.4 Å². The molecule has 1 aliphatic rings. The van der Waals surface area contributed by atoms with Crippen LogP contribution in [0.3, 0.4) is 0 Å². The average molecular weight is 874 g/mol. The number of halogens is 2. The fourth-order valence-corrected chi connectivity index (χ4v) is 15.5. The third kappa shape index (κ3) is 9.82. The maximum Gasteiger partial charge on any atom is -0.0771 e. The summed E-state index contributed by atoms with van der Waals surface area (Å²) in [7, 11) is -2.53. The maximum absolute atomic E-state index is 2.99. The minimum absolute atomic E-state index is 0. The van der Waals surface area contributed by atoms with Crippen molar-refractivity contribution in [2.75, 3.05) is 0 Å². The fraction of sp³-hybridized carbons (Fsp3) is 0.302. The van der Waals surface area contributed by atoms with E-state index in [-0.39, 0.29) is 24.8 Å². The summed E-state index contributed by atoms with van der Waals surface area (Å²) >= 11 is 1.08. The van der Waals surface area contributed by atoms with E-state index in [9.17, 15) is 0 Å². The predicted octanol–water partition coefficient (Wildman–Crippen LogP) is 5.26. The summed E-state index contributed by atoms with van der Waals surface area (Å²) in [6.07, 6.45) is 10.0. The molecule has 0 aromatic heterocycles. The molecule has 0 fully saturated rings. The molecule has 0 nitrogen and oxygen atoms in total. The third-order valence-electron chi connectivity index (χ3n) is 10.7. The van der Waals surface area contributed by atoms with Crippen molar-refractivity contribution in [3.05, 3.63) is 139 Å². The molecule has 0 heterocycles. The zero-order chi connectivity index (χ0) is 33.0. The van der Waals surface area contributed by atoms with Crippen LogP contribution in [0.2, 0.25) is 36.3 Å². The Balaban J connectivity index is 0.000000326. The average Bonchev–Trinajstić information content (AvgIpc) is 3.84. The first-order valence-corrected chi connectivity index (χ1v) is 24.5. The van der Waals surface area contributed by atoms with Crippen LogP contribution in [-0.2, 0) is 23.9 Å². The number of rotatable bonds is 10. The van der Waals surface area contributed by atoms with Crippen LogP contribution in [0.25, 0.3) is 21.5 Å². The number of hydrogen-bond donors (Lipinski definition) is 0. The molecule has 0 unspecified atom stereocenters. The Morgan fingerprint density at radius 3 is 1.25 bits per heavy atom. The summed E-state index contributed by atoms with van der Waals surface area (Å²) in [5, 5.41) is 8.69. The second-order valence-electron chi connectivity index (χ2n) is 12.5. The molecule has 0 atom stereocenters. The minimum Gasteiger partial charge on any atom is -1.00 e. The van der Waals surface area contributed by atoms with Crippen molar-refractivity contribution < 1.29 is 48.7 Å². The second kappa shape index (κ2) is 20.6. The molecular formula is C43H52Cl2HfSi2-2. The van der Waals surface area contributed by atoms with Crippen molar-refractivity contribution in [3.63, 3.8) is 0 Å². The molecule has 1 aliphatic carbocycles. The Hall–Kier alpha value is -2.02. The monoisotopic (exact) mass is 874 g/mol. The van der Waals surface area contributed by atoms with Gasteiger partial charge < -0.3 is 24.8 Å². The van der Waals surface area contributed by atoms with Crippen molar-refractivity contribution >= 4 is 51.3 Å². The molecule has 0 aliphatic heterocycles. The second-order valence-corrected chi connectivity index (χ2v) is 24.8. The molecule has 48 heavy (non-hydrogen) atoms. The predicted molar refractivity (Wildman–Crippen MR) is 208 cm³/mol. The Morgan fingerprint density at radius 2 is 0.958 bits per heavy atom. The van der Waals surface area contributed by atoms with Gasteiger partial charge in [0.1, 0.15) is 0 Å². The van der Waals surface area contributed by atoms with Crippen molar-refractivity contribution in [2.45, 2.75) is 84.2 Å². The maximum atomic E-state index is 2.99. The molecule has 5 heteroatoms. The van der Waals surface area contributed by atoms with Gasteiger partial charge in [0, 0.05) is 0 Å². The quantitative estimate of drug-likeness (QED) is 0.133. The van der Waals surface area contributed by atoms with E-state index < -0.39 is 16.1 Å². The first-order chi connectivity index (χ1) is 22.4. The van der Waals surface area contributed by atoms with Crippen LogP contribution in [-0.4, -0.2) is 19.4 Å². The number of fused-ring (bicyclic) bond motifs is 3. The van der Waals surface area contributed by atoms with Gasteiger partial charge in [-0.3, -0.25) is 6.08 Å². The van der Waals surface area contributed by atoms with Gasteiger partial charge in [-0.2, -0.15) is 6.08 Å². The van der Waals surface area contributed by atoms with E-state index in [0.717, 1.165) is 30.3 Å². The summed E-state index contributed by atoms with van der Waals surface area (Å²) in [6, 6.07) is 46.8. The van der Waals surface area contributed by atoms with Crippen LogP contribution < -0.4 is 35.2 Å². The van der Waals surface area contributed by atoms with E-state index in [4.69, 9.17) is 0 Å². The summed E-state index contributed by atoms with van der Waals surface area (Å²) < 4.78 is 1.53. The molecule has 0 bridgehead atoms. The van der Waals surface area contributed by atoms with Crippen molar-refractivity contribution in [3.8, 4) is 0 Å². The third-order valence-corrected chi connectivity index (χ3v) is 24.1. The van der Waals surface area contributed by atoms with Crippen LogP contribution in [0.1, 0.15) is 59.1 Å². The van der Waals surface area contributed by atoms with Gasteiger partial charge in [-0.15, -0.1) is 46.2 Å². The molecule has 0 radical (unpaired) electrons. The molecule has 0 spiro atoms. The molecule has 252 valence electrons. The van der Waals surface area contributed by atoms with E-state index in [1.165, 1.54) is 72.2 Å². The zero-order valence-corrected chi connectivity index (χ0v) is 36.9. The molecule has 0 N–H and O–H groups in total. The van der Waals surface area contributed by atoms with Gasteiger partial charge in [-0.25, -0.2) is 12.2 Å². The van der Waals surface area contributed by atoms with E-state index in [0.29, 0.717) is 0 Å². The van der Waals surface area contributed by atoms with Crippen molar-refractivity contribution in [1.29, 1.82) is 0 Å². The molecule has 0 saturated carbocycles. The summed E-state index contributed by atoms with van der Waals surface area (Å²) in [5.41, 5.74) is 2.86. The molecule has 0 saturated heterocycles. The smallest absolute Gasteiger partial charge is 0.0771 e. The first kappa shape index (κ1) is 42.2. The SMILES string of the molecule is CC[Si](CC)(CC)c1ccc([C](=[Hf+2])c2ccc([Si](CC)(CC)CC)cc2)cc1.[C-]1=CC=CC1.[Cl-].[Cl-].c1ccc2c(c1)[cH-]c1ccccc12. The van der Waals surface area contributed by atoms with Crippen molar-refractivity contribution in [2.24, 2.45) is 0 Å². The van der Waals surface area contributed by atoms with Crippen LogP contribution in [0, 0.1) is 6.08 Å². The molecular weight excluding hydrogens is 822 g/mol. The van der Waals surface area contributed by atoms with Gasteiger partial charge in [-0.05, 0) is 0 Å². The Bertz CT molecular complexity index is 1600. The van der Waals surface area contributed by atoms with Gasteiger partial charge in [0.05, 0.1) is 0 Å². The standard InChI is InChI=1S/C25H38Si2.C13H9.C5H5.2ClH.Hf/c1-7-26(8-2,9-3)24-17-13-22(14-18-24)21-23-15-19-25(20-16-23)27(10-4,11-5)12-6;1-3-7-12-10(5-1)9-11-6-2-4-8-13(11)12;1-2-4-5-3-1;;;/h13-20H,7-12H2,1-6H3;1-9H;1-3H,4H2;2*1H;/q;2*-1;;;+2/p-2. The summed E-state index contributed by atoms with van der Waals surface area (Å²) in [5.74, 6) is 0. The van der Waals surface area contributed by atoms with Gasteiger partial charge in [0.2, 0.25) is 0 Å². The zero-order valence-electron chi connectivity index (χ0n) is 29.8. The summed E-state index contributed by atoms with van der Waals surface area (Å²) in [4.78, 5) is 0. The first-order valence-electron chi connectivity index (χ1n) is 17.5. The van der Waals surface area contributed by atoms with Crippen LogP contribution in [0.15, 0.2) is 121 Å². The number of hydrogen-bond acceptors (Lipinski definition) is 0. The minimum atomic E-state index is -1.27. The van der Waals surface area contributed by atoms with Crippen LogP contribution in [0.4, 0.5) is 0 Å². The van der Waals surface area contributed by atoms with E-state index in [2.05, 4.69) is 157 Å². The normalized spacial score (nSPS) is 12.0. The van der Waals surface area contributed by atoms with Crippen molar-refractivity contribution in [1.82, 2.24) is 0 Å². The molecule has 5 aromatic carbocycles. The van der Waals surface area contributed by atoms with Crippen LogP contribution in [0.5, 0.6) is 0 Å². The van der Waals surface area contributed by atoms with E-state index in [1.54, 1.807) is 10.4 Å². The fourth-order valence-electron chi connectivity index (χ4n) is 7.12. The molecule has 6 rings (SSSR count).